The van der Waals surface area contributed by atoms with Crippen molar-refractivity contribution in [3.63, 3.8) is 0 Å². The number of carbonyl (C=O) groups is 1. The van der Waals surface area contributed by atoms with Crippen molar-refractivity contribution in [2.24, 2.45) is 0 Å². The number of rotatable bonds is 7. The quantitative estimate of drug-likeness (QED) is 0.325. The normalized spacial score (nSPS) is 10.6. The molecule has 0 unspecified atom stereocenters. The van der Waals surface area contributed by atoms with Crippen LogP contribution in [0.1, 0.15) is 5.56 Å². The Kier molecular flexibility index (Phi) is 6.59. The molecule has 31 heavy (non-hydrogen) atoms. The van der Waals surface area contributed by atoms with E-state index >= 15 is 0 Å². The topological polar surface area (TPSA) is 72.5 Å². The Morgan fingerprint density at radius 1 is 1.00 bits per heavy atom. The largest absolute Gasteiger partial charge is 0.497 e. The number of methoxy groups -OCH3 is 2. The fraction of sp³-hybridized carbons (Fsp3) is 0.130. The van der Waals surface area contributed by atoms with Crippen molar-refractivity contribution in [3.8, 4) is 11.5 Å². The highest BCUT2D eigenvalue weighted by Gasteiger charge is 2.11. The van der Waals surface area contributed by atoms with E-state index in [2.05, 4.69) is 27.8 Å². The van der Waals surface area contributed by atoms with Crippen LogP contribution in [0.5, 0.6) is 11.5 Å². The maximum Gasteiger partial charge on any atom is 0.323 e. The number of hydrogen-bond acceptors (Lipinski definition) is 6. The minimum Gasteiger partial charge on any atom is -0.497 e. The van der Waals surface area contributed by atoms with Gasteiger partial charge in [0.2, 0.25) is 0 Å². The molecule has 0 radical (unpaired) electrons. The van der Waals surface area contributed by atoms with Gasteiger partial charge in [-0.1, -0.05) is 42.1 Å². The number of thiazole rings is 1. The maximum atomic E-state index is 12.5. The van der Waals surface area contributed by atoms with Crippen LogP contribution in [0.3, 0.4) is 0 Å². The average Bonchev–Trinajstić information content (AvgIpc) is 3.21. The Morgan fingerprint density at radius 2 is 1.84 bits per heavy atom. The molecule has 4 rings (SSSR count). The molecule has 0 aliphatic heterocycles. The van der Waals surface area contributed by atoms with E-state index in [4.69, 9.17) is 9.47 Å². The third-order valence-corrected chi connectivity index (χ3v) is 6.72. The predicted molar refractivity (Wildman–Crippen MR) is 128 cm³/mol. The Bertz CT molecular complexity index is 1200. The van der Waals surface area contributed by atoms with Crippen molar-refractivity contribution in [2.45, 2.75) is 10.1 Å². The minimum atomic E-state index is -0.356. The molecule has 2 N–H and O–H groups in total. The van der Waals surface area contributed by atoms with E-state index in [9.17, 15) is 4.79 Å². The molecule has 158 valence electrons. The van der Waals surface area contributed by atoms with E-state index in [1.54, 1.807) is 55.5 Å². The summed E-state index contributed by atoms with van der Waals surface area (Å²) in [5.41, 5.74) is 3.43. The van der Waals surface area contributed by atoms with Gasteiger partial charge in [0, 0.05) is 17.5 Å². The van der Waals surface area contributed by atoms with Crippen molar-refractivity contribution in [1.82, 2.24) is 4.98 Å². The number of ether oxygens (including phenoxy) is 2. The van der Waals surface area contributed by atoms with Crippen molar-refractivity contribution in [1.29, 1.82) is 0 Å². The molecule has 1 aromatic heterocycles. The zero-order valence-corrected chi connectivity index (χ0v) is 18.7. The molecule has 0 spiro atoms. The number of benzene rings is 3. The summed E-state index contributed by atoms with van der Waals surface area (Å²) in [7, 11) is 3.12. The molecule has 0 aliphatic carbocycles. The highest BCUT2D eigenvalue weighted by molar-refractivity contribution is 8.00. The summed E-state index contributed by atoms with van der Waals surface area (Å²) in [6, 6.07) is 20.9. The number of aromatic nitrogens is 1. The van der Waals surface area contributed by atoms with E-state index in [0.717, 1.165) is 20.3 Å². The van der Waals surface area contributed by atoms with Crippen LogP contribution in [0.2, 0.25) is 0 Å². The maximum absolute atomic E-state index is 12.5. The lowest BCUT2D eigenvalue weighted by Gasteiger charge is -2.12. The van der Waals surface area contributed by atoms with Crippen LogP contribution in [0.4, 0.5) is 16.2 Å². The first-order valence-electron chi connectivity index (χ1n) is 9.52. The average molecular weight is 452 g/mol. The number of urea groups is 1. The van der Waals surface area contributed by atoms with Gasteiger partial charge in [-0.2, -0.15) is 0 Å². The summed E-state index contributed by atoms with van der Waals surface area (Å²) in [5.74, 6) is 2.05. The Morgan fingerprint density at radius 3 is 2.61 bits per heavy atom. The molecule has 0 atom stereocenters. The fourth-order valence-corrected chi connectivity index (χ4v) is 5.01. The zero-order chi connectivity index (χ0) is 21.6. The van der Waals surface area contributed by atoms with Crippen LogP contribution in [-0.2, 0) is 5.75 Å². The number of anilines is 2. The van der Waals surface area contributed by atoms with Gasteiger partial charge in [-0.25, -0.2) is 9.78 Å². The number of nitrogens with zero attached hydrogens (tertiary/aromatic N) is 1. The minimum absolute atomic E-state index is 0.356. The number of carbonyl (C=O) groups excluding carboxylic acids is 1. The van der Waals surface area contributed by atoms with Gasteiger partial charge in [0.25, 0.3) is 0 Å². The van der Waals surface area contributed by atoms with Gasteiger partial charge in [0.1, 0.15) is 11.5 Å². The Hall–Kier alpha value is -3.23. The standard InChI is InChI=1S/C23H21N3O3S2/c1-28-17-9-11-18(20(13-17)29-2)25-22(27)24-16-8-10-19-21(12-16)31-23(26-19)30-14-15-6-4-3-5-7-15/h3-13H,14H2,1-2H3,(H2,24,25,27). The summed E-state index contributed by atoms with van der Waals surface area (Å²) in [4.78, 5) is 17.2. The summed E-state index contributed by atoms with van der Waals surface area (Å²) in [5, 5.41) is 5.67. The van der Waals surface area contributed by atoms with E-state index in [1.165, 1.54) is 5.56 Å². The molecule has 2 amide bonds. The fourth-order valence-electron chi connectivity index (χ4n) is 2.95. The van der Waals surface area contributed by atoms with E-state index in [0.29, 0.717) is 22.9 Å². The Labute approximate surface area is 188 Å². The summed E-state index contributed by atoms with van der Waals surface area (Å²) in [6.07, 6.45) is 0. The van der Waals surface area contributed by atoms with Gasteiger partial charge in [0.15, 0.2) is 4.34 Å². The van der Waals surface area contributed by atoms with Gasteiger partial charge in [-0.3, -0.25) is 0 Å². The first-order chi connectivity index (χ1) is 15.1. The lowest BCUT2D eigenvalue weighted by Crippen LogP contribution is -2.19. The molecule has 0 saturated carbocycles. The smallest absolute Gasteiger partial charge is 0.323 e. The predicted octanol–water partition coefficient (Wildman–Crippen LogP) is 6.25. The third kappa shape index (κ3) is 5.28. The monoisotopic (exact) mass is 451 g/mol. The first kappa shape index (κ1) is 21.0. The molecule has 0 aliphatic rings. The number of amides is 2. The second-order valence-electron chi connectivity index (χ2n) is 6.58. The second-order valence-corrected chi connectivity index (χ2v) is 8.84. The molecule has 0 saturated heterocycles. The molecule has 4 aromatic rings. The number of fused-ring (bicyclic) bond motifs is 1. The lowest BCUT2D eigenvalue weighted by molar-refractivity contribution is 0.262. The molecule has 6 nitrogen and oxygen atoms in total. The first-order valence-corrected chi connectivity index (χ1v) is 11.3. The van der Waals surface area contributed by atoms with Crippen LogP contribution in [0.25, 0.3) is 10.2 Å². The van der Waals surface area contributed by atoms with Crippen LogP contribution >= 0.6 is 23.1 Å². The molecule has 0 fully saturated rings. The van der Waals surface area contributed by atoms with Crippen LogP contribution in [-0.4, -0.2) is 25.2 Å². The van der Waals surface area contributed by atoms with Crippen molar-refractivity contribution < 1.29 is 14.3 Å². The zero-order valence-electron chi connectivity index (χ0n) is 17.0. The van der Waals surface area contributed by atoms with E-state index in [-0.39, 0.29) is 6.03 Å². The number of thioether (sulfide) groups is 1. The lowest BCUT2D eigenvalue weighted by atomic mass is 10.2. The Balaban J connectivity index is 1.42. The highest BCUT2D eigenvalue weighted by Crippen LogP contribution is 2.33. The van der Waals surface area contributed by atoms with Crippen LogP contribution in [0, 0.1) is 0 Å². The molecule has 8 heteroatoms. The van der Waals surface area contributed by atoms with E-state index in [1.807, 2.05) is 36.4 Å². The highest BCUT2D eigenvalue weighted by atomic mass is 32.2. The summed E-state index contributed by atoms with van der Waals surface area (Å²) >= 11 is 3.33. The van der Waals surface area contributed by atoms with E-state index < -0.39 is 0 Å². The molecule has 1 heterocycles. The van der Waals surface area contributed by atoms with Crippen molar-refractivity contribution in [3.05, 3.63) is 72.3 Å². The van der Waals surface area contributed by atoms with Crippen LogP contribution in [0.15, 0.2) is 71.1 Å². The molecular formula is C23H21N3O3S2. The van der Waals surface area contributed by atoms with Gasteiger partial charge in [-0.05, 0) is 35.9 Å². The number of hydrogen-bond donors (Lipinski definition) is 2. The molecular weight excluding hydrogens is 430 g/mol. The molecule has 0 bridgehead atoms. The molecule has 3 aromatic carbocycles. The summed E-state index contributed by atoms with van der Waals surface area (Å²) < 4.78 is 12.5. The SMILES string of the molecule is COc1ccc(NC(=O)Nc2ccc3nc(SCc4ccccc4)sc3c2)c(OC)c1. The van der Waals surface area contributed by atoms with Gasteiger partial charge in [-0.15, -0.1) is 11.3 Å². The van der Waals surface area contributed by atoms with Crippen molar-refractivity contribution >= 4 is 50.7 Å². The third-order valence-electron chi connectivity index (χ3n) is 4.49. The van der Waals surface area contributed by atoms with Gasteiger partial charge >= 0.3 is 6.03 Å². The van der Waals surface area contributed by atoms with Crippen molar-refractivity contribution in [2.75, 3.05) is 24.9 Å². The summed E-state index contributed by atoms with van der Waals surface area (Å²) in [6.45, 7) is 0. The van der Waals surface area contributed by atoms with Gasteiger partial charge in [0.05, 0.1) is 30.1 Å². The number of nitrogens with one attached hydrogen (secondary N) is 2. The van der Waals surface area contributed by atoms with Crippen LogP contribution < -0.4 is 20.1 Å². The van der Waals surface area contributed by atoms with Gasteiger partial charge < -0.3 is 20.1 Å². The second kappa shape index (κ2) is 9.72.